The van der Waals surface area contributed by atoms with Crippen molar-refractivity contribution in [2.24, 2.45) is 0 Å². The van der Waals surface area contributed by atoms with Gasteiger partial charge in [-0.15, -0.1) is 0 Å². The number of thioether (sulfide) groups is 1. The predicted molar refractivity (Wildman–Crippen MR) is 96.9 cm³/mol. The van der Waals surface area contributed by atoms with Gasteiger partial charge in [0.05, 0.1) is 6.17 Å². The number of nitrogens with zero attached hydrogens (tertiary/aromatic N) is 1. The molecule has 2 heterocycles. The van der Waals surface area contributed by atoms with Crippen LogP contribution in [0.1, 0.15) is 30.4 Å². The van der Waals surface area contributed by atoms with Crippen molar-refractivity contribution in [3.63, 3.8) is 0 Å². The van der Waals surface area contributed by atoms with E-state index in [0.29, 0.717) is 5.25 Å². The lowest BCUT2D eigenvalue weighted by molar-refractivity contribution is -0.128. The maximum Gasteiger partial charge on any atom is 0.247 e. The smallest absolute Gasteiger partial charge is 0.247 e. The zero-order valence-electron chi connectivity index (χ0n) is 13.6. The van der Waals surface area contributed by atoms with Crippen LogP contribution in [0.2, 0.25) is 0 Å². The van der Waals surface area contributed by atoms with Gasteiger partial charge in [-0.3, -0.25) is 10.2 Å². The monoisotopic (exact) mass is 331 g/mol. The van der Waals surface area contributed by atoms with Crippen LogP contribution in [0.5, 0.6) is 0 Å². The first-order chi connectivity index (χ1) is 11.2. The molecule has 4 nitrogen and oxygen atoms in total. The molecule has 2 aliphatic rings. The highest BCUT2D eigenvalue weighted by molar-refractivity contribution is 8.00. The lowest BCUT2D eigenvalue weighted by atomic mass is 10.1. The molecule has 0 bridgehead atoms. The lowest BCUT2D eigenvalue weighted by Crippen LogP contribution is -2.49. The third-order valence-corrected chi connectivity index (χ3v) is 5.77. The van der Waals surface area contributed by atoms with E-state index in [0.717, 1.165) is 25.1 Å². The normalized spacial score (nSPS) is 24.4. The van der Waals surface area contributed by atoms with Crippen LogP contribution in [-0.2, 0) is 4.79 Å². The minimum absolute atomic E-state index is 0.0966. The third kappa shape index (κ3) is 4.59. The number of carbonyl (C=O) groups is 1. The summed E-state index contributed by atoms with van der Waals surface area (Å²) < 4.78 is 0. The first kappa shape index (κ1) is 16.6. The molecular formula is C18H25N3OS. The van der Waals surface area contributed by atoms with Gasteiger partial charge >= 0.3 is 0 Å². The minimum Gasteiger partial charge on any atom is -0.321 e. The number of aryl methyl sites for hydroxylation is 1. The van der Waals surface area contributed by atoms with Crippen LogP contribution >= 0.6 is 11.8 Å². The second-order valence-corrected chi connectivity index (χ2v) is 7.65. The molecule has 124 valence electrons. The van der Waals surface area contributed by atoms with Gasteiger partial charge in [0.1, 0.15) is 0 Å². The van der Waals surface area contributed by atoms with Gasteiger partial charge in [0.15, 0.2) is 0 Å². The number of rotatable bonds is 5. The molecule has 2 atom stereocenters. The van der Waals surface area contributed by atoms with Gasteiger partial charge in [0.25, 0.3) is 0 Å². The molecule has 5 heteroatoms. The van der Waals surface area contributed by atoms with Crippen LogP contribution < -0.4 is 10.9 Å². The standard InChI is InChI=1S/C18H25N3OS/c1-14-4-6-15(7-5-14)8-9-18(22)21(17-10-11-19-20-17)13-16-3-2-12-23-16/h4-9,16-17,19-20H,2-3,10-13H2,1H3/b9-8+. The van der Waals surface area contributed by atoms with Crippen molar-refractivity contribution in [3.8, 4) is 0 Å². The van der Waals surface area contributed by atoms with Gasteiger partial charge in [0.2, 0.25) is 5.91 Å². The summed E-state index contributed by atoms with van der Waals surface area (Å²) in [5.41, 5.74) is 8.66. The molecule has 2 saturated heterocycles. The van der Waals surface area contributed by atoms with Gasteiger partial charge in [0, 0.05) is 24.4 Å². The Balaban J connectivity index is 1.66. The Hall–Kier alpha value is -1.30. The second-order valence-electron chi connectivity index (χ2n) is 6.25. The van der Waals surface area contributed by atoms with Crippen molar-refractivity contribution in [3.05, 3.63) is 41.5 Å². The zero-order valence-corrected chi connectivity index (χ0v) is 14.4. The van der Waals surface area contributed by atoms with Gasteiger partial charge in [-0.25, -0.2) is 5.43 Å². The molecule has 1 amide bonds. The molecular weight excluding hydrogens is 306 g/mol. The molecule has 0 radical (unpaired) electrons. The highest BCUT2D eigenvalue weighted by Crippen LogP contribution is 2.27. The van der Waals surface area contributed by atoms with E-state index in [-0.39, 0.29) is 12.1 Å². The van der Waals surface area contributed by atoms with E-state index in [1.54, 1.807) is 6.08 Å². The number of benzene rings is 1. The molecule has 1 aromatic carbocycles. The average molecular weight is 331 g/mol. The fourth-order valence-corrected chi connectivity index (χ4v) is 4.29. The van der Waals surface area contributed by atoms with E-state index in [4.69, 9.17) is 0 Å². The Kier molecular flexibility index (Phi) is 5.75. The first-order valence-electron chi connectivity index (χ1n) is 8.38. The number of hydrogen-bond acceptors (Lipinski definition) is 4. The lowest BCUT2D eigenvalue weighted by Gasteiger charge is -2.29. The number of amides is 1. The number of nitrogens with one attached hydrogen (secondary N) is 2. The van der Waals surface area contributed by atoms with E-state index in [2.05, 4.69) is 29.9 Å². The molecule has 2 N–H and O–H groups in total. The number of carbonyl (C=O) groups excluding carboxylic acids is 1. The number of hydrogen-bond donors (Lipinski definition) is 2. The van der Waals surface area contributed by atoms with E-state index in [1.807, 2.05) is 34.9 Å². The van der Waals surface area contributed by atoms with E-state index >= 15 is 0 Å². The van der Waals surface area contributed by atoms with Crippen LogP contribution in [0.15, 0.2) is 30.3 Å². The Labute approximate surface area is 142 Å². The second kappa shape index (κ2) is 7.99. The maximum absolute atomic E-state index is 12.7. The SMILES string of the molecule is Cc1ccc(/C=C/C(=O)N(CC2CCCS2)C2CCNN2)cc1. The van der Waals surface area contributed by atoms with Gasteiger partial charge in [-0.05, 0) is 43.6 Å². The molecule has 2 unspecified atom stereocenters. The zero-order chi connectivity index (χ0) is 16.1. The molecule has 2 fully saturated rings. The fourth-order valence-electron chi connectivity index (χ4n) is 3.02. The Morgan fingerprint density at radius 3 is 2.83 bits per heavy atom. The van der Waals surface area contributed by atoms with Crippen LogP contribution in [-0.4, -0.2) is 41.1 Å². The van der Waals surface area contributed by atoms with Crippen LogP contribution in [0.25, 0.3) is 6.08 Å². The summed E-state index contributed by atoms with van der Waals surface area (Å²) in [4.78, 5) is 14.7. The Bertz CT molecular complexity index is 546. The van der Waals surface area contributed by atoms with Crippen molar-refractivity contribution in [2.45, 2.75) is 37.6 Å². The third-order valence-electron chi connectivity index (χ3n) is 4.39. The Morgan fingerprint density at radius 2 is 2.17 bits per heavy atom. The summed E-state index contributed by atoms with van der Waals surface area (Å²) in [5, 5.41) is 0.578. The summed E-state index contributed by atoms with van der Waals surface area (Å²) in [6.07, 6.45) is 7.18. The van der Waals surface area contributed by atoms with Crippen molar-refractivity contribution in [2.75, 3.05) is 18.8 Å². The van der Waals surface area contributed by atoms with Crippen molar-refractivity contribution >= 4 is 23.7 Å². The van der Waals surface area contributed by atoms with Crippen molar-refractivity contribution in [1.82, 2.24) is 15.8 Å². The first-order valence-corrected chi connectivity index (χ1v) is 9.42. The minimum atomic E-state index is 0.0966. The number of hydrazine groups is 1. The highest BCUT2D eigenvalue weighted by Gasteiger charge is 2.28. The molecule has 0 saturated carbocycles. The van der Waals surface area contributed by atoms with Crippen molar-refractivity contribution < 1.29 is 4.79 Å². The Morgan fingerprint density at radius 1 is 1.35 bits per heavy atom. The summed E-state index contributed by atoms with van der Waals surface area (Å²) in [7, 11) is 0. The van der Waals surface area contributed by atoms with Crippen LogP contribution in [0.4, 0.5) is 0 Å². The summed E-state index contributed by atoms with van der Waals surface area (Å²) in [6, 6.07) is 8.23. The molecule has 0 aliphatic carbocycles. The molecule has 23 heavy (non-hydrogen) atoms. The van der Waals surface area contributed by atoms with E-state index in [1.165, 1.54) is 24.2 Å². The van der Waals surface area contributed by atoms with Crippen molar-refractivity contribution in [1.29, 1.82) is 0 Å². The quantitative estimate of drug-likeness (QED) is 0.814. The predicted octanol–water partition coefficient (Wildman–Crippen LogP) is 2.56. The van der Waals surface area contributed by atoms with Crippen LogP contribution in [0.3, 0.4) is 0 Å². The molecule has 0 spiro atoms. The summed E-state index contributed by atoms with van der Waals surface area (Å²) >= 11 is 2.00. The fraction of sp³-hybridized carbons (Fsp3) is 0.500. The maximum atomic E-state index is 12.7. The van der Waals surface area contributed by atoms with E-state index in [9.17, 15) is 4.79 Å². The van der Waals surface area contributed by atoms with E-state index < -0.39 is 0 Å². The van der Waals surface area contributed by atoms with Crippen LogP contribution in [0, 0.1) is 6.92 Å². The van der Waals surface area contributed by atoms with Gasteiger partial charge < -0.3 is 4.90 Å². The highest BCUT2D eigenvalue weighted by atomic mass is 32.2. The average Bonchev–Trinajstić information content (AvgIpc) is 3.25. The molecule has 1 aromatic rings. The summed E-state index contributed by atoms with van der Waals surface area (Å²) in [6.45, 7) is 3.81. The topological polar surface area (TPSA) is 44.4 Å². The summed E-state index contributed by atoms with van der Waals surface area (Å²) in [5.74, 6) is 1.32. The molecule has 3 rings (SSSR count). The van der Waals surface area contributed by atoms with Gasteiger partial charge in [-0.1, -0.05) is 29.8 Å². The molecule has 2 aliphatic heterocycles. The van der Waals surface area contributed by atoms with Gasteiger partial charge in [-0.2, -0.15) is 11.8 Å². The molecule has 0 aromatic heterocycles. The largest absolute Gasteiger partial charge is 0.321 e.